The van der Waals surface area contributed by atoms with Crippen LogP contribution in [-0.4, -0.2) is 29.5 Å². The first-order valence-corrected chi connectivity index (χ1v) is 11.3. The van der Waals surface area contributed by atoms with Gasteiger partial charge in [0, 0.05) is 11.4 Å². The minimum absolute atomic E-state index is 0.206. The first kappa shape index (κ1) is 20.4. The van der Waals surface area contributed by atoms with Gasteiger partial charge in [0.2, 0.25) is 0 Å². The van der Waals surface area contributed by atoms with Gasteiger partial charge in [-0.25, -0.2) is 9.78 Å². The van der Waals surface area contributed by atoms with E-state index in [0.29, 0.717) is 5.56 Å². The lowest BCUT2D eigenvalue weighted by molar-refractivity contribution is -0.124. The molecule has 1 amide bonds. The Labute approximate surface area is 187 Å². The van der Waals surface area contributed by atoms with Crippen molar-refractivity contribution < 1.29 is 14.3 Å². The lowest BCUT2D eigenvalue weighted by Gasteiger charge is -2.14. The fourth-order valence-electron chi connectivity index (χ4n) is 4.81. The zero-order chi connectivity index (χ0) is 21.9. The van der Waals surface area contributed by atoms with E-state index >= 15 is 0 Å². The van der Waals surface area contributed by atoms with Crippen LogP contribution < -0.4 is 5.32 Å². The van der Waals surface area contributed by atoms with Crippen molar-refractivity contribution in [1.29, 1.82) is 0 Å². The molecular formula is C27H26N2O3. The molecule has 5 nitrogen and oxygen atoms in total. The molecular weight excluding hydrogens is 400 g/mol. The number of ether oxygens (including phenoxy) is 1. The highest BCUT2D eigenvalue weighted by molar-refractivity contribution is 6.07. The fourth-order valence-corrected chi connectivity index (χ4v) is 4.81. The summed E-state index contributed by atoms with van der Waals surface area (Å²) in [4.78, 5) is 30.3. The number of pyridine rings is 1. The second kappa shape index (κ2) is 8.95. The van der Waals surface area contributed by atoms with Crippen molar-refractivity contribution in [2.24, 2.45) is 0 Å². The van der Waals surface area contributed by atoms with E-state index in [0.717, 1.165) is 71.8 Å². The molecule has 5 rings (SSSR count). The number of amides is 1. The molecule has 0 aliphatic heterocycles. The lowest BCUT2D eigenvalue weighted by atomic mass is 10.0. The standard InChI is InChI=1S/C27H26N2O3/c30-24(28-20-10-4-5-11-20)17-32-27(31)25-21-12-6-7-13-23(21)29-26-19(14-15-22(25)26)16-18-8-2-1-3-9-18/h1-3,6-9,12-13,16,20H,4-5,10-11,14-15,17H2,(H,28,30). The van der Waals surface area contributed by atoms with Crippen LogP contribution in [0.25, 0.3) is 22.6 Å². The number of allylic oxidation sites excluding steroid dienone is 1. The molecule has 1 heterocycles. The summed E-state index contributed by atoms with van der Waals surface area (Å²) in [5.41, 5.74) is 5.29. The Morgan fingerprint density at radius 2 is 1.75 bits per heavy atom. The van der Waals surface area contributed by atoms with Gasteiger partial charge in [0.15, 0.2) is 6.61 Å². The van der Waals surface area contributed by atoms with E-state index in [1.807, 2.05) is 42.5 Å². The smallest absolute Gasteiger partial charge is 0.339 e. The largest absolute Gasteiger partial charge is 0.452 e. The van der Waals surface area contributed by atoms with Crippen molar-refractivity contribution in [2.45, 2.75) is 44.6 Å². The van der Waals surface area contributed by atoms with Gasteiger partial charge in [-0.2, -0.15) is 0 Å². The molecule has 2 aliphatic rings. The Morgan fingerprint density at radius 1 is 1.00 bits per heavy atom. The number of hydrogen-bond acceptors (Lipinski definition) is 4. The molecule has 1 fully saturated rings. The number of aromatic nitrogens is 1. The molecule has 1 saturated carbocycles. The van der Waals surface area contributed by atoms with Crippen LogP contribution in [0.2, 0.25) is 0 Å². The maximum absolute atomic E-state index is 13.2. The Morgan fingerprint density at radius 3 is 2.56 bits per heavy atom. The third-order valence-electron chi connectivity index (χ3n) is 6.34. The molecule has 0 bridgehead atoms. The number of fused-ring (bicyclic) bond motifs is 2. The van der Waals surface area contributed by atoms with Crippen LogP contribution in [0.4, 0.5) is 0 Å². The molecule has 2 aliphatic carbocycles. The van der Waals surface area contributed by atoms with Gasteiger partial charge in [-0.1, -0.05) is 61.4 Å². The summed E-state index contributed by atoms with van der Waals surface area (Å²) in [7, 11) is 0. The first-order valence-electron chi connectivity index (χ1n) is 11.3. The van der Waals surface area contributed by atoms with Crippen molar-refractivity contribution >= 4 is 34.4 Å². The van der Waals surface area contributed by atoms with E-state index in [1.165, 1.54) is 0 Å². The number of para-hydroxylation sites is 1. The molecule has 0 saturated heterocycles. The van der Waals surface area contributed by atoms with Gasteiger partial charge in [0.25, 0.3) is 5.91 Å². The van der Waals surface area contributed by atoms with Crippen LogP contribution in [0.1, 0.15) is 59.3 Å². The fraction of sp³-hybridized carbons (Fsp3) is 0.296. The summed E-state index contributed by atoms with van der Waals surface area (Å²) in [6.45, 7) is -0.256. The van der Waals surface area contributed by atoms with Gasteiger partial charge in [-0.05, 0) is 54.5 Å². The van der Waals surface area contributed by atoms with Crippen LogP contribution in [0.3, 0.4) is 0 Å². The predicted octanol–water partition coefficient (Wildman–Crippen LogP) is 4.94. The van der Waals surface area contributed by atoms with Crippen molar-refractivity contribution in [3.05, 3.63) is 77.0 Å². The van der Waals surface area contributed by atoms with Crippen LogP contribution in [0, 0.1) is 0 Å². The molecule has 162 valence electrons. The Kier molecular flexibility index (Phi) is 5.71. The molecule has 5 heteroatoms. The summed E-state index contributed by atoms with van der Waals surface area (Å²) in [5, 5.41) is 3.74. The summed E-state index contributed by atoms with van der Waals surface area (Å²) >= 11 is 0. The Balaban J connectivity index is 1.44. The molecule has 2 aromatic carbocycles. The van der Waals surface area contributed by atoms with E-state index in [1.54, 1.807) is 0 Å². The zero-order valence-electron chi connectivity index (χ0n) is 18.0. The predicted molar refractivity (Wildman–Crippen MR) is 125 cm³/mol. The van der Waals surface area contributed by atoms with Crippen molar-refractivity contribution in [3.8, 4) is 0 Å². The number of carbonyl (C=O) groups is 2. The number of nitrogens with one attached hydrogen (secondary N) is 1. The summed E-state index contributed by atoms with van der Waals surface area (Å²) < 4.78 is 5.49. The minimum Gasteiger partial charge on any atom is -0.452 e. The highest BCUT2D eigenvalue weighted by Gasteiger charge is 2.28. The van der Waals surface area contributed by atoms with Crippen LogP contribution in [0.15, 0.2) is 54.6 Å². The quantitative estimate of drug-likeness (QED) is 0.587. The van der Waals surface area contributed by atoms with Gasteiger partial charge in [0.05, 0.1) is 16.8 Å². The third kappa shape index (κ3) is 4.15. The van der Waals surface area contributed by atoms with Gasteiger partial charge in [-0.15, -0.1) is 0 Å². The van der Waals surface area contributed by atoms with Crippen molar-refractivity contribution in [2.75, 3.05) is 6.61 Å². The molecule has 0 unspecified atom stereocenters. The highest BCUT2D eigenvalue weighted by atomic mass is 16.5. The number of nitrogens with zero attached hydrogens (tertiary/aromatic N) is 1. The van der Waals surface area contributed by atoms with Gasteiger partial charge < -0.3 is 10.1 Å². The summed E-state index contributed by atoms with van der Waals surface area (Å²) in [5.74, 6) is -0.688. The molecule has 1 aromatic heterocycles. The lowest BCUT2D eigenvalue weighted by Crippen LogP contribution is -2.36. The average molecular weight is 427 g/mol. The molecule has 0 atom stereocenters. The normalized spacial score (nSPS) is 16.9. The van der Waals surface area contributed by atoms with Crippen molar-refractivity contribution in [3.63, 3.8) is 0 Å². The first-order chi connectivity index (χ1) is 15.7. The Bertz CT molecular complexity index is 1190. The molecule has 1 N–H and O–H groups in total. The summed E-state index contributed by atoms with van der Waals surface area (Å²) in [6, 6.07) is 18.0. The number of esters is 1. The van der Waals surface area contributed by atoms with Crippen LogP contribution in [0.5, 0.6) is 0 Å². The van der Waals surface area contributed by atoms with Crippen LogP contribution in [-0.2, 0) is 16.0 Å². The molecule has 0 radical (unpaired) electrons. The van der Waals surface area contributed by atoms with Gasteiger partial charge in [-0.3, -0.25) is 4.79 Å². The molecule has 3 aromatic rings. The number of carbonyl (C=O) groups excluding carboxylic acids is 2. The Hall–Kier alpha value is -3.47. The molecule has 32 heavy (non-hydrogen) atoms. The summed E-state index contributed by atoms with van der Waals surface area (Å²) in [6.07, 6.45) is 7.95. The highest BCUT2D eigenvalue weighted by Crippen LogP contribution is 2.37. The third-order valence-corrected chi connectivity index (χ3v) is 6.34. The van der Waals surface area contributed by atoms with E-state index in [4.69, 9.17) is 9.72 Å². The second-order valence-electron chi connectivity index (χ2n) is 8.54. The van der Waals surface area contributed by atoms with Gasteiger partial charge >= 0.3 is 5.97 Å². The molecule has 0 spiro atoms. The number of hydrogen-bond donors (Lipinski definition) is 1. The minimum atomic E-state index is -0.456. The average Bonchev–Trinajstić information content (AvgIpc) is 3.47. The number of rotatable bonds is 5. The maximum Gasteiger partial charge on any atom is 0.339 e. The SMILES string of the molecule is O=C(COC(=O)c1c2c(nc3ccccc13)C(=Cc1ccccc1)CC2)NC1CCCC1. The topological polar surface area (TPSA) is 68.3 Å². The van der Waals surface area contributed by atoms with E-state index in [9.17, 15) is 9.59 Å². The zero-order valence-corrected chi connectivity index (χ0v) is 18.0. The van der Waals surface area contributed by atoms with E-state index in [-0.39, 0.29) is 18.6 Å². The monoisotopic (exact) mass is 426 g/mol. The van der Waals surface area contributed by atoms with E-state index in [2.05, 4.69) is 23.5 Å². The van der Waals surface area contributed by atoms with Gasteiger partial charge in [0.1, 0.15) is 0 Å². The van der Waals surface area contributed by atoms with Crippen molar-refractivity contribution in [1.82, 2.24) is 10.3 Å². The maximum atomic E-state index is 13.2. The van der Waals surface area contributed by atoms with E-state index < -0.39 is 5.97 Å². The second-order valence-corrected chi connectivity index (χ2v) is 8.54. The number of benzene rings is 2. The van der Waals surface area contributed by atoms with Crippen LogP contribution >= 0.6 is 0 Å².